The van der Waals surface area contributed by atoms with E-state index in [1.165, 1.54) is 0 Å². The Kier molecular flexibility index (Phi) is 3.15. The quantitative estimate of drug-likeness (QED) is 0.629. The van der Waals surface area contributed by atoms with Crippen molar-refractivity contribution in [1.82, 2.24) is 4.98 Å². The Morgan fingerprint density at radius 1 is 1.29 bits per heavy atom. The molecule has 0 aliphatic heterocycles. The molecule has 0 amide bonds. The van der Waals surface area contributed by atoms with Gasteiger partial charge in [-0.25, -0.2) is 0 Å². The normalized spacial score (nSPS) is 10.9. The number of hydrogen-bond donors (Lipinski definition) is 2. The zero-order valence-electron chi connectivity index (χ0n) is 10.3. The van der Waals surface area contributed by atoms with E-state index in [0.717, 1.165) is 28.0 Å². The van der Waals surface area contributed by atoms with Gasteiger partial charge in [0, 0.05) is 11.1 Å². The number of fused-ring (bicyclic) bond motifs is 1. The Labute approximate surface area is 101 Å². The summed E-state index contributed by atoms with van der Waals surface area (Å²) in [6.07, 6.45) is 0.153. The third kappa shape index (κ3) is 2.47. The molecular formula is C13H17N3O. The molecule has 1 aromatic heterocycles. The number of rotatable bonds is 3. The summed E-state index contributed by atoms with van der Waals surface area (Å²) in [5.74, 6) is 6.35. The van der Waals surface area contributed by atoms with Gasteiger partial charge in [-0.1, -0.05) is 0 Å². The van der Waals surface area contributed by atoms with Crippen molar-refractivity contribution in [1.29, 1.82) is 0 Å². The minimum absolute atomic E-state index is 0.153. The minimum atomic E-state index is 0.153. The Balaban J connectivity index is 2.55. The van der Waals surface area contributed by atoms with Crippen molar-refractivity contribution in [3.63, 3.8) is 0 Å². The summed E-state index contributed by atoms with van der Waals surface area (Å²) in [5, 5.41) is 0.969. The van der Waals surface area contributed by atoms with Gasteiger partial charge in [0.15, 0.2) is 0 Å². The molecule has 90 valence electrons. The first kappa shape index (κ1) is 11.7. The molecule has 1 heterocycles. The molecule has 0 fully saturated rings. The maximum Gasteiger partial charge on any atom is 0.120 e. The van der Waals surface area contributed by atoms with E-state index in [1.54, 1.807) is 0 Å². The topological polar surface area (TPSA) is 60.2 Å². The van der Waals surface area contributed by atoms with E-state index in [2.05, 4.69) is 10.4 Å². The Hall–Kier alpha value is -1.81. The predicted octanol–water partition coefficient (Wildman–Crippen LogP) is 2.62. The van der Waals surface area contributed by atoms with Gasteiger partial charge in [0.25, 0.3) is 0 Å². The van der Waals surface area contributed by atoms with Crippen LogP contribution in [0.4, 0.5) is 5.69 Å². The van der Waals surface area contributed by atoms with Crippen molar-refractivity contribution >= 4 is 16.6 Å². The van der Waals surface area contributed by atoms with Crippen molar-refractivity contribution < 1.29 is 4.74 Å². The molecular weight excluding hydrogens is 214 g/mol. The number of ether oxygens (including phenoxy) is 1. The molecule has 0 bridgehead atoms. The van der Waals surface area contributed by atoms with Crippen LogP contribution in [0.5, 0.6) is 5.75 Å². The van der Waals surface area contributed by atoms with E-state index in [-0.39, 0.29) is 6.10 Å². The van der Waals surface area contributed by atoms with Crippen LogP contribution in [-0.4, -0.2) is 11.1 Å². The van der Waals surface area contributed by atoms with Crippen LogP contribution >= 0.6 is 0 Å². The van der Waals surface area contributed by atoms with Crippen LogP contribution in [0.15, 0.2) is 24.3 Å². The van der Waals surface area contributed by atoms with E-state index in [9.17, 15) is 0 Å². The molecule has 1 aromatic carbocycles. The van der Waals surface area contributed by atoms with Crippen molar-refractivity contribution in [3.8, 4) is 5.75 Å². The highest BCUT2D eigenvalue weighted by Gasteiger charge is 2.05. The molecule has 4 nitrogen and oxygen atoms in total. The lowest BCUT2D eigenvalue weighted by Crippen LogP contribution is -2.08. The highest BCUT2D eigenvalue weighted by molar-refractivity contribution is 5.92. The molecule has 2 rings (SSSR count). The number of aromatic nitrogens is 1. The third-order valence-electron chi connectivity index (χ3n) is 2.44. The summed E-state index contributed by atoms with van der Waals surface area (Å²) >= 11 is 0. The van der Waals surface area contributed by atoms with E-state index in [4.69, 9.17) is 10.6 Å². The van der Waals surface area contributed by atoms with Crippen molar-refractivity contribution in [2.45, 2.75) is 26.9 Å². The van der Waals surface area contributed by atoms with E-state index in [0.29, 0.717) is 0 Å². The number of hydrogen-bond acceptors (Lipinski definition) is 4. The lowest BCUT2D eigenvalue weighted by atomic mass is 10.1. The monoisotopic (exact) mass is 231 g/mol. The van der Waals surface area contributed by atoms with Crippen LogP contribution in [0.2, 0.25) is 0 Å². The summed E-state index contributed by atoms with van der Waals surface area (Å²) in [7, 11) is 0. The number of anilines is 1. The molecule has 0 saturated carbocycles. The van der Waals surface area contributed by atoms with Crippen LogP contribution in [0, 0.1) is 6.92 Å². The zero-order chi connectivity index (χ0) is 12.4. The molecule has 0 aliphatic rings. The SMILES string of the molecule is Cc1cc(NN)c2cc(OC(C)C)ccc2n1. The summed E-state index contributed by atoms with van der Waals surface area (Å²) in [6.45, 7) is 5.94. The highest BCUT2D eigenvalue weighted by atomic mass is 16.5. The summed E-state index contributed by atoms with van der Waals surface area (Å²) in [6, 6.07) is 7.74. The smallest absolute Gasteiger partial charge is 0.120 e. The number of nitrogen functional groups attached to an aromatic ring is 1. The Morgan fingerprint density at radius 2 is 2.06 bits per heavy atom. The molecule has 3 N–H and O–H groups in total. The van der Waals surface area contributed by atoms with Crippen LogP contribution < -0.4 is 16.0 Å². The second-order valence-electron chi connectivity index (χ2n) is 4.30. The maximum absolute atomic E-state index is 5.66. The molecule has 0 atom stereocenters. The number of pyridine rings is 1. The number of hydrazine groups is 1. The van der Waals surface area contributed by atoms with Gasteiger partial charge in [-0.15, -0.1) is 0 Å². The lowest BCUT2D eigenvalue weighted by Gasteiger charge is -2.12. The Morgan fingerprint density at radius 3 is 2.71 bits per heavy atom. The summed E-state index contributed by atoms with van der Waals surface area (Å²) < 4.78 is 5.66. The molecule has 4 heteroatoms. The van der Waals surface area contributed by atoms with Crippen LogP contribution in [0.3, 0.4) is 0 Å². The van der Waals surface area contributed by atoms with E-state index >= 15 is 0 Å². The zero-order valence-corrected chi connectivity index (χ0v) is 10.3. The van der Waals surface area contributed by atoms with Gasteiger partial charge in [0.1, 0.15) is 5.75 Å². The van der Waals surface area contributed by atoms with E-state index in [1.807, 2.05) is 45.0 Å². The lowest BCUT2D eigenvalue weighted by molar-refractivity contribution is 0.243. The minimum Gasteiger partial charge on any atom is -0.491 e. The summed E-state index contributed by atoms with van der Waals surface area (Å²) in [4.78, 5) is 4.45. The van der Waals surface area contributed by atoms with Gasteiger partial charge in [-0.05, 0) is 45.0 Å². The average Bonchev–Trinajstić information content (AvgIpc) is 2.27. The second-order valence-corrected chi connectivity index (χ2v) is 4.30. The average molecular weight is 231 g/mol. The van der Waals surface area contributed by atoms with Gasteiger partial charge in [-0.2, -0.15) is 0 Å². The van der Waals surface area contributed by atoms with Crippen LogP contribution in [-0.2, 0) is 0 Å². The fraction of sp³-hybridized carbons (Fsp3) is 0.308. The molecule has 17 heavy (non-hydrogen) atoms. The molecule has 0 aliphatic carbocycles. The van der Waals surface area contributed by atoms with Gasteiger partial charge >= 0.3 is 0 Å². The number of nitrogens with one attached hydrogen (secondary N) is 1. The van der Waals surface area contributed by atoms with Gasteiger partial charge in [0.05, 0.1) is 17.3 Å². The van der Waals surface area contributed by atoms with Gasteiger partial charge in [0.2, 0.25) is 0 Å². The molecule has 2 aromatic rings. The largest absolute Gasteiger partial charge is 0.491 e. The summed E-state index contributed by atoms with van der Waals surface area (Å²) in [5.41, 5.74) is 5.40. The number of aryl methyl sites for hydroxylation is 1. The van der Waals surface area contributed by atoms with Crippen molar-refractivity contribution in [2.75, 3.05) is 5.43 Å². The van der Waals surface area contributed by atoms with Crippen LogP contribution in [0.1, 0.15) is 19.5 Å². The van der Waals surface area contributed by atoms with Crippen molar-refractivity contribution in [3.05, 3.63) is 30.0 Å². The second kappa shape index (κ2) is 4.59. The molecule has 0 saturated heterocycles. The Bertz CT molecular complexity index is 537. The van der Waals surface area contributed by atoms with E-state index < -0.39 is 0 Å². The number of benzene rings is 1. The van der Waals surface area contributed by atoms with Crippen molar-refractivity contribution in [2.24, 2.45) is 5.84 Å². The molecule has 0 unspecified atom stereocenters. The first-order valence-electron chi connectivity index (χ1n) is 5.65. The predicted molar refractivity (Wildman–Crippen MR) is 70.1 cm³/mol. The van der Waals surface area contributed by atoms with Gasteiger partial charge < -0.3 is 10.2 Å². The maximum atomic E-state index is 5.66. The fourth-order valence-corrected chi connectivity index (χ4v) is 1.80. The third-order valence-corrected chi connectivity index (χ3v) is 2.44. The fourth-order valence-electron chi connectivity index (χ4n) is 1.80. The highest BCUT2D eigenvalue weighted by Crippen LogP contribution is 2.27. The molecule has 0 radical (unpaired) electrons. The first-order chi connectivity index (χ1) is 8.10. The van der Waals surface area contributed by atoms with Crippen LogP contribution in [0.25, 0.3) is 10.9 Å². The van der Waals surface area contributed by atoms with Gasteiger partial charge in [-0.3, -0.25) is 10.8 Å². The number of nitrogens with two attached hydrogens (primary N) is 1. The number of nitrogens with zero attached hydrogens (tertiary/aromatic N) is 1. The molecule has 0 spiro atoms. The standard InChI is InChI=1S/C13H17N3O/c1-8(2)17-10-4-5-12-11(7-10)13(16-14)6-9(3)15-12/h4-8H,14H2,1-3H3,(H,15,16). The first-order valence-corrected chi connectivity index (χ1v) is 5.65.